The second-order valence-electron chi connectivity index (χ2n) is 3.33. The van der Waals surface area contributed by atoms with Crippen LogP contribution in [-0.4, -0.2) is 27.3 Å². The zero-order chi connectivity index (χ0) is 10.1. The first-order valence-electron chi connectivity index (χ1n) is 3.76. The van der Waals surface area contributed by atoms with Crippen molar-refractivity contribution >= 4 is 5.97 Å². The molecular formula is C8H11NO4. The predicted molar refractivity (Wildman–Crippen MR) is 43.2 cm³/mol. The van der Waals surface area contributed by atoms with Gasteiger partial charge in [0, 0.05) is 0 Å². The zero-order valence-electron chi connectivity index (χ0n) is 7.39. The maximum absolute atomic E-state index is 10.5. The van der Waals surface area contributed by atoms with E-state index in [1.807, 2.05) is 0 Å². The summed E-state index contributed by atoms with van der Waals surface area (Å²) in [6.07, 6.45) is 1.10. The lowest BCUT2D eigenvalue weighted by atomic mass is 9.84. The number of carbonyl (C=O) groups is 1. The Hall–Kier alpha value is -1.36. The summed E-state index contributed by atoms with van der Waals surface area (Å²) in [7, 11) is 0. The summed E-state index contributed by atoms with van der Waals surface area (Å²) >= 11 is 0. The molecule has 0 aromatic carbocycles. The zero-order valence-corrected chi connectivity index (χ0v) is 7.39. The summed E-state index contributed by atoms with van der Waals surface area (Å²) in [4.78, 5) is 14.2. The second kappa shape index (κ2) is 3.18. The van der Waals surface area contributed by atoms with E-state index in [2.05, 4.69) is 4.98 Å². The second-order valence-corrected chi connectivity index (χ2v) is 3.33. The highest BCUT2D eigenvalue weighted by molar-refractivity contribution is 5.74. The van der Waals surface area contributed by atoms with E-state index in [1.165, 1.54) is 12.6 Å². The molecular weight excluding hydrogens is 174 g/mol. The molecule has 72 valence electrons. The van der Waals surface area contributed by atoms with Gasteiger partial charge in [0.05, 0.1) is 11.6 Å². The number of aliphatic hydroxyl groups is 1. The van der Waals surface area contributed by atoms with Crippen molar-refractivity contribution in [2.24, 2.45) is 0 Å². The highest BCUT2D eigenvalue weighted by Crippen LogP contribution is 2.26. The van der Waals surface area contributed by atoms with Crippen molar-refractivity contribution in [1.82, 2.24) is 4.98 Å². The molecule has 0 aliphatic heterocycles. The molecule has 1 rings (SSSR count). The van der Waals surface area contributed by atoms with E-state index in [0.717, 1.165) is 0 Å². The minimum atomic E-state index is -1.50. The van der Waals surface area contributed by atoms with Gasteiger partial charge in [-0.15, -0.1) is 0 Å². The Balaban J connectivity index is 2.95. The molecule has 0 saturated carbocycles. The van der Waals surface area contributed by atoms with Gasteiger partial charge >= 0.3 is 5.97 Å². The van der Waals surface area contributed by atoms with Crippen molar-refractivity contribution in [2.75, 3.05) is 0 Å². The number of aliphatic hydroxyl groups excluding tert-OH is 1. The average Bonchev–Trinajstić information content (AvgIpc) is 2.54. The molecule has 1 heterocycles. The van der Waals surface area contributed by atoms with E-state index in [1.54, 1.807) is 13.8 Å². The normalized spacial score (nSPS) is 14.1. The van der Waals surface area contributed by atoms with E-state index in [4.69, 9.17) is 9.52 Å². The van der Waals surface area contributed by atoms with Gasteiger partial charge in [-0.05, 0) is 13.8 Å². The van der Waals surface area contributed by atoms with E-state index in [0.29, 0.717) is 5.76 Å². The number of carboxylic acid groups (broad SMARTS) is 1. The summed E-state index contributed by atoms with van der Waals surface area (Å²) in [5, 5.41) is 17.9. The molecule has 0 aliphatic carbocycles. The molecule has 1 atom stereocenters. The number of nitrogens with zero attached hydrogens (tertiary/aromatic N) is 1. The van der Waals surface area contributed by atoms with Crippen molar-refractivity contribution in [2.45, 2.75) is 25.4 Å². The summed E-state index contributed by atoms with van der Waals surface area (Å²) in [5.74, 6) is -0.927. The molecule has 5 nitrogen and oxygen atoms in total. The Morgan fingerprint density at radius 3 is 2.69 bits per heavy atom. The molecule has 2 N–H and O–H groups in total. The molecule has 0 bridgehead atoms. The smallest absolute Gasteiger partial charge is 0.333 e. The monoisotopic (exact) mass is 185 g/mol. The fourth-order valence-corrected chi connectivity index (χ4v) is 0.977. The van der Waals surface area contributed by atoms with Crippen molar-refractivity contribution in [1.29, 1.82) is 0 Å². The van der Waals surface area contributed by atoms with Gasteiger partial charge in [-0.2, -0.15) is 0 Å². The van der Waals surface area contributed by atoms with Crippen LogP contribution in [0.25, 0.3) is 0 Å². The number of aliphatic carboxylic acids is 1. The Morgan fingerprint density at radius 2 is 2.31 bits per heavy atom. The summed E-state index contributed by atoms with van der Waals surface area (Å²) < 4.78 is 4.94. The SMILES string of the molecule is CC(C)(c1cnco1)C(O)C(=O)O. The summed E-state index contributed by atoms with van der Waals surface area (Å²) in [6, 6.07) is 0. The van der Waals surface area contributed by atoms with Crippen LogP contribution in [0.15, 0.2) is 17.0 Å². The van der Waals surface area contributed by atoms with E-state index >= 15 is 0 Å². The molecule has 0 fully saturated rings. The van der Waals surface area contributed by atoms with Crippen molar-refractivity contribution in [3.63, 3.8) is 0 Å². The number of rotatable bonds is 3. The van der Waals surface area contributed by atoms with Gasteiger partial charge in [-0.25, -0.2) is 9.78 Å². The topological polar surface area (TPSA) is 83.6 Å². The van der Waals surface area contributed by atoms with Crippen LogP contribution in [0, 0.1) is 0 Å². The first-order valence-corrected chi connectivity index (χ1v) is 3.76. The maximum Gasteiger partial charge on any atom is 0.333 e. The van der Waals surface area contributed by atoms with Crippen molar-refractivity contribution < 1.29 is 19.4 Å². The van der Waals surface area contributed by atoms with E-state index < -0.39 is 17.5 Å². The Labute approximate surface area is 75.0 Å². The Morgan fingerprint density at radius 1 is 1.69 bits per heavy atom. The highest BCUT2D eigenvalue weighted by atomic mass is 16.4. The van der Waals surface area contributed by atoms with Gasteiger partial charge in [0.25, 0.3) is 0 Å². The number of aromatic nitrogens is 1. The Kier molecular flexibility index (Phi) is 2.38. The molecule has 0 saturated heterocycles. The van der Waals surface area contributed by atoms with Crippen LogP contribution >= 0.6 is 0 Å². The lowest BCUT2D eigenvalue weighted by molar-refractivity contribution is -0.150. The molecule has 5 heteroatoms. The van der Waals surface area contributed by atoms with Gasteiger partial charge in [-0.3, -0.25) is 0 Å². The van der Waals surface area contributed by atoms with Crippen LogP contribution in [0.2, 0.25) is 0 Å². The van der Waals surface area contributed by atoms with Gasteiger partial charge in [0.15, 0.2) is 12.5 Å². The lowest BCUT2D eigenvalue weighted by Gasteiger charge is -2.24. The molecule has 0 radical (unpaired) electrons. The van der Waals surface area contributed by atoms with Crippen molar-refractivity contribution in [3.8, 4) is 0 Å². The molecule has 1 aromatic rings. The third kappa shape index (κ3) is 1.70. The molecule has 13 heavy (non-hydrogen) atoms. The lowest BCUT2D eigenvalue weighted by Crippen LogP contribution is -2.39. The van der Waals surface area contributed by atoms with Crippen LogP contribution in [-0.2, 0) is 10.2 Å². The van der Waals surface area contributed by atoms with E-state index in [-0.39, 0.29) is 0 Å². The maximum atomic E-state index is 10.5. The predicted octanol–water partition coefficient (Wildman–Crippen LogP) is 0.398. The minimum absolute atomic E-state index is 0.349. The number of carboxylic acids is 1. The molecule has 1 aromatic heterocycles. The third-order valence-electron chi connectivity index (χ3n) is 1.98. The van der Waals surface area contributed by atoms with Crippen molar-refractivity contribution in [3.05, 3.63) is 18.4 Å². The first kappa shape index (κ1) is 9.73. The Bertz CT molecular complexity index is 291. The third-order valence-corrected chi connectivity index (χ3v) is 1.98. The first-order chi connectivity index (χ1) is 5.96. The van der Waals surface area contributed by atoms with Crippen LogP contribution in [0.4, 0.5) is 0 Å². The van der Waals surface area contributed by atoms with Crippen LogP contribution in [0.3, 0.4) is 0 Å². The fraction of sp³-hybridized carbons (Fsp3) is 0.500. The molecule has 0 aliphatic rings. The van der Waals surface area contributed by atoms with Gasteiger partial charge in [0.2, 0.25) is 0 Å². The largest absolute Gasteiger partial charge is 0.479 e. The van der Waals surface area contributed by atoms with Crippen LogP contribution < -0.4 is 0 Å². The van der Waals surface area contributed by atoms with Gasteiger partial charge < -0.3 is 14.6 Å². The number of hydrogen-bond acceptors (Lipinski definition) is 4. The van der Waals surface area contributed by atoms with Crippen LogP contribution in [0.1, 0.15) is 19.6 Å². The van der Waals surface area contributed by atoms with Gasteiger partial charge in [0.1, 0.15) is 5.76 Å². The molecule has 0 spiro atoms. The van der Waals surface area contributed by atoms with E-state index in [9.17, 15) is 9.90 Å². The van der Waals surface area contributed by atoms with Crippen LogP contribution in [0.5, 0.6) is 0 Å². The molecule has 0 amide bonds. The standard InChI is InChI=1S/C8H11NO4/c1-8(2,6(10)7(11)12)5-3-9-4-13-5/h3-4,6,10H,1-2H3,(H,11,12). The summed E-state index contributed by atoms with van der Waals surface area (Å²) in [6.45, 7) is 3.15. The highest BCUT2D eigenvalue weighted by Gasteiger charge is 2.37. The fourth-order valence-electron chi connectivity index (χ4n) is 0.977. The number of oxazole rings is 1. The van der Waals surface area contributed by atoms with Gasteiger partial charge in [-0.1, -0.05) is 0 Å². The molecule has 1 unspecified atom stereocenters. The average molecular weight is 185 g/mol. The quantitative estimate of drug-likeness (QED) is 0.712. The minimum Gasteiger partial charge on any atom is -0.479 e. The number of hydrogen-bond donors (Lipinski definition) is 2. The summed E-state index contributed by atoms with van der Waals surface area (Å²) in [5.41, 5.74) is -0.970.